The van der Waals surface area contributed by atoms with Crippen molar-refractivity contribution in [3.05, 3.63) is 69.4 Å². The van der Waals surface area contributed by atoms with Crippen LogP contribution in [0.2, 0.25) is 0 Å². The van der Waals surface area contributed by atoms with Gasteiger partial charge in [-0.05, 0) is 38.5 Å². The third-order valence-corrected chi connectivity index (χ3v) is 5.80. The zero-order chi connectivity index (χ0) is 33.5. The Labute approximate surface area is 259 Å². The average Bonchev–Trinajstić information content (AvgIpc) is 3.02. The van der Waals surface area contributed by atoms with Crippen molar-refractivity contribution in [1.29, 1.82) is 0 Å². The normalized spacial score (nSPS) is 10.4. The third-order valence-electron chi connectivity index (χ3n) is 5.80. The zero-order valence-electron chi connectivity index (χ0n) is 25.3. The maximum Gasteiger partial charge on any atom is 0.370 e. The predicted molar refractivity (Wildman–Crippen MR) is 158 cm³/mol. The zero-order valence-corrected chi connectivity index (χ0v) is 25.3. The fourth-order valence-corrected chi connectivity index (χ4v) is 3.53. The van der Waals surface area contributed by atoms with Crippen LogP contribution in [-0.4, -0.2) is 77.6 Å². The van der Waals surface area contributed by atoms with Crippen LogP contribution in [0.1, 0.15) is 51.4 Å². The molecular weight excluding hydrogens is 598 g/mol. The highest BCUT2D eigenvalue weighted by Gasteiger charge is 2.18. The number of esters is 4. The second kappa shape index (κ2) is 22.8. The molecule has 0 aliphatic rings. The van der Waals surface area contributed by atoms with Crippen molar-refractivity contribution in [3.63, 3.8) is 0 Å². The largest absolute Gasteiger partial charge is 0.464 e. The number of hydrogen-bond donors (Lipinski definition) is 0. The van der Waals surface area contributed by atoms with E-state index in [-0.39, 0.29) is 59.0 Å². The summed E-state index contributed by atoms with van der Waals surface area (Å²) >= 11 is 0. The van der Waals surface area contributed by atoms with Gasteiger partial charge in [-0.15, -0.1) is 6.58 Å². The Bertz CT molecular complexity index is 1240. The first kappa shape index (κ1) is 38.3. The van der Waals surface area contributed by atoms with Crippen LogP contribution in [0.3, 0.4) is 0 Å². The van der Waals surface area contributed by atoms with Gasteiger partial charge >= 0.3 is 40.9 Å². The molecule has 250 valence electrons. The molecule has 0 fully saturated rings. The smallest absolute Gasteiger partial charge is 0.370 e. The number of nitrogens with zero attached hydrogens (tertiary/aromatic N) is 3. The van der Waals surface area contributed by atoms with Crippen molar-refractivity contribution >= 4 is 23.9 Å². The number of rotatable bonds is 25. The van der Waals surface area contributed by atoms with Gasteiger partial charge in [-0.25, -0.2) is 33.1 Å². The van der Waals surface area contributed by atoms with Crippen molar-refractivity contribution in [2.75, 3.05) is 39.8 Å². The summed E-state index contributed by atoms with van der Waals surface area (Å²) in [6.07, 6.45) is 6.86. The minimum Gasteiger partial charge on any atom is -0.464 e. The summed E-state index contributed by atoms with van der Waals surface area (Å²) in [6, 6.07) is 0. The SMILES string of the molecule is C=CCOCOn1c(=O)n(CCOC(=O)CCCCCOC(=O)C=C)c(=O)n(CCOC(=O)CCCCCOC(=O)C=C)c1=O. The van der Waals surface area contributed by atoms with Crippen LogP contribution in [0.4, 0.5) is 0 Å². The molecule has 1 heterocycles. The first-order valence-corrected chi connectivity index (χ1v) is 14.3. The lowest BCUT2D eigenvalue weighted by Crippen LogP contribution is -2.57. The Balaban J connectivity index is 2.74. The average molecular weight is 640 g/mol. The van der Waals surface area contributed by atoms with Crippen LogP contribution in [0.5, 0.6) is 0 Å². The standard InChI is InChI=1S/C29H41N3O13/c1-4-17-40-22-45-32-28(38)30(15-20-43-25(35)13-9-7-11-18-41-23(33)5-2)27(37)31(29(32)39)16-21-44-26(36)14-10-8-12-19-42-24(34)6-3/h4-6H,1-3,7-22H2. The molecule has 0 unspecified atom stereocenters. The number of carbonyl (C=O) groups excluding carboxylic acids is 4. The van der Waals surface area contributed by atoms with E-state index in [2.05, 4.69) is 19.7 Å². The first-order valence-electron chi connectivity index (χ1n) is 14.3. The molecule has 0 spiro atoms. The molecule has 45 heavy (non-hydrogen) atoms. The number of unbranched alkanes of at least 4 members (excludes halogenated alkanes) is 4. The number of hydrogen-bond acceptors (Lipinski definition) is 13. The fourth-order valence-electron chi connectivity index (χ4n) is 3.53. The van der Waals surface area contributed by atoms with Crippen LogP contribution in [0.25, 0.3) is 0 Å². The van der Waals surface area contributed by atoms with E-state index in [4.69, 9.17) is 28.5 Å². The van der Waals surface area contributed by atoms with Crippen LogP contribution in [0, 0.1) is 0 Å². The molecule has 1 aromatic rings. The van der Waals surface area contributed by atoms with Gasteiger partial charge in [-0.3, -0.25) is 9.59 Å². The summed E-state index contributed by atoms with van der Waals surface area (Å²) in [7, 11) is 0. The Morgan fingerprint density at radius 3 is 1.49 bits per heavy atom. The number of carbonyl (C=O) groups is 4. The fraction of sp³-hybridized carbons (Fsp3) is 0.552. The summed E-state index contributed by atoms with van der Waals surface area (Å²) in [5.41, 5.74) is -3.26. The van der Waals surface area contributed by atoms with Crippen LogP contribution in [-0.2, 0) is 56.0 Å². The van der Waals surface area contributed by atoms with E-state index in [1.165, 1.54) is 6.08 Å². The Kier molecular flexibility index (Phi) is 19.4. The van der Waals surface area contributed by atoms with Gasteiger partial charge < -0.3 is 28.5 Å². The maximum atomic E-state index is 13.0. The predicted octanol–water partition coefficient (Wildman–Crippen LogP) is 0.426. The molecule has 0 atom stereocenters. The van der Waals surface area contributed by atoms with E-state index in [9.17, 15) is 33.6 Å². The van der Waals surface area contributed by atoms with E-state index in [0.29, 0.717) is 52.4 Å². The lowest BCUT2D eigenvalue weighted by molar-refractivity contribution is -0.145. The van der Waals surface area contributed by atoms with Crippen LogP contribution >= 0.6 is 0 Å². The minimum atomic E-state index is -1.12. The molecule has 0 aromatic carbocycles. The molecule has 1 rings (SSSR count). The maximum absolute atomic E-state index is 13.0. The topological polar surface area (TPSA) is 190 Å². The molecule has 0 amide bonds. The quantitative estimate of drug-likeness (QED) is 0.0358. The molecule has 0 saturated carbocycles. The molecule has 0 saturated heterocycles. The number of ether oxygens (including phenoxy) is 5. The van der Waals surface area contributed by atoms with Crippen LogP contribution in [0.15, 0.2) is 52.3 Å². The lowest BCUT2D eigenvalue weighted by atomic mass is 10.2. The monoisotopic (exact) mass is 639 g/mol. The second-order valence-corrected chi connectivity index (χ2v) is 9.16. The molecule has 0 aliphatic heterocycles. The summed E-state index contributed by atoms with van der Waals surface area (Å²) in [5, 5.41) is 0. The van der Waals surface area contributed by atoms with Crippen molar-refractivity contribution in [2.45, 2.75) is 64.5 Å². The van der Waals surface area contributed by atoms with Crippen molar-refractivity contribution in [3.8, 4) is 0 Å². The Morgan fingerprint density at radius 1 is 0.600 bits per heavy atom. The van der Waals surface area contributed by atoms with Crippen LogP contribution < -0.4 is 21.9 Å². The molecule has 0 aliphatic carbocycles. The highest BCUT2D eigenvalue weighted by Crippen LogP contribution is 2.03. The van der Waals surface area contributed by atoms with E-state index in [0.717, 1.165) is 12.2 Å². The second-order valence-electron chi connectivity index (χ2n) is 9.16. The molecule has 0 N–H and O–H groups in total. The van der Waals surface area contributed by atoms with E-state index in [1.807, 2.05) is 0 Å². The molecule has 0 bridgehead atoms. The molecule has 1 aromatic heterocycles. The van der Waals surface area contributed by atoms with Crippen molar-refractivity contribution < 1.29 is 47.7 Å². The van der Waals surface area contributed by atoms with E-state index < -0.39 is 47.7 Å². The molecule has 16 nitrogen and oxygen atoms in total. The van der Waals surface area contributed by atoms with Crippen molar-refractivity contribution in [2.24, 2.45) is 0 Å². The van der Waals surface area contributed by atoms with Gasteiger partial charge in [-0.2, -0.15) is 0 Å². The van der Waals surface area contributed by atoms with Crippen molar-refractivity contribution in [1.82, 2.24) is 13.9 Å². The summed E-state index contributed by atoms with van der Waals surface area (Å²) in [4.78, 5) is 90.1. The lowest BCUT2D eigenvalue weighted by Gasteiger charge is -2.14. The Morgan fingerprint density at radius 2 is 1.07 bits per heavy atom. The molecule has 0 radical (unpaired) electrons. The molecular formula is C29H41N3O13. The van der Waals surface area contributed by atoms with Gasteiger partial charge in [-0.1, -0.05) is 24.0 Å². The highest BCUT2D eigenvalue weighted by molar-refractivity contribution is 5.81. The van der Waals surface area contributed by atoms with E-state index >= 15 is 0 Å². The summed E-state index contributed by atoms with van der Waals surface area (Å²) in [6.45, 7) is 8.53. The first-order chi connectivity index (χ1) is 21.7. The highest BCUT2D eigenvalue weighted by atomic mass is 16.8. The Hall–Kier alpha value is -4.73. The third kappa shape index (κ3) is 15.5. The van der Waals surface area contributed by atoms with Gasteiger partial charge in [0, 0.05) is 25.0 Å². The minimum absolute atomic E-state index is 0.0614. The van der Waals surface area contributed by atoms with Gasteiger partial charge in [0.1, 0.15) is 13.2 Å². The van der Waals surface area contributed by atoms with E-state index in [1.54, 1.807) is 0 Å². The van der Waals surface area contributed by atoms with Gasteiger partial charge in [0.05, 0.1) is 32.9 Å². The molecule has 16 heteroatoms. The number of aromatic nitrogens is 3. The summed E-state index contributed by atoms with van der Waals surface area (Å²) in [5.74, 6) is -2.20. The van der Waals surface area contributed by atoms with Gasteiger partial charge in [0.25, 0.3) is 0 Å². The summed E-state index contributed by atoms with van der Waals surface area (Å²) < 4.78 is 26.6. The van der Waals surface area contributed by atoms with Gasteiger partial charge in [0.15, 0.2) is 0 Å². The van der Waals surface area contributed by atoms with Gasteiger partial charge in [0.2, 0.25) is 6.79 Å².